The predicted octanol–water partition coefficient (Wildman–Crippen LogP) is 3.36. The molecule has 2 aromatic carbocycles. The number of nitrogens with zero attached hydrogens (tertiary/aromatic N) is 3. The van der Waals surface area contributed by atoms with E-state index in [1.165, 1.54) is 12.1 Å². The molecule has 1 fully saturated rings. The van der Waals surface area contributed by atoms with Crippen molar-refractivity contribution in [1.29, 1.82) is 0 Å². The number of urea groups is 1. The van der Waals surface area contributed by atoms with Crippen LogP contribution in [0.4, 0.5) is 9.18 Å². The van der Waals surface area contributed by atoms with Gasteiger partial charge in [-0.3, -0.25) is 4.79 Å². The standard InChI is InChI=1S/C26H32FN5O3/c1-31-23-8-3-2-7-22(23)30-24(31)14-29-26(34)32-15-20(16-32)6-4-5-13-28-25(33)18-35-17-19-9-11-21(27)12-10-19/h2-3,7-12,20H,4-6,13-18H2,1H3,(H,28,33)(H,29,34). The molecule has 0 atom stereocenters. The number of rotatable bonds is 11. The SMILES string of the molecule is Cn1c(CNC(=O)N2CC(CCCCNC(=O)COCc3ccc(F)cc3)C2)nc2ccccc21. The zero-order chi connectivity index (χ0) is 24.6. The number of carbonyl (C=O) groups excluding carboxylic acids is 2. The second-order valence-corrected chi connectivity index (χ2v) is 8.97. The summed E-state index contributed by atoms with van der Waals surface area (Å²) in [6.45, 7) is 2.79. The Morgan fingerprint density at radius 2 is 1.86 bits per heavy atom. The van der Waals surface area contributed by atoms with Crippen LogP contribution in [0, 0.1) is 11.7 Å². The van der Waals surface area contributed by atoms with Gasteiger partial charge in [0.2, 0.25) is 5.91 Å². The van der Waals surface area contributed by atoms with Crippen molar-refractivity contribution in [2.45, 2.75) is 32.4 Å². The summed E-state index contributed by atoms with van der Waals surface area (Å²) in [7, 11) is 1.96. The quantitative estimate of drug-likeness (QED) is 0.411. The van der Waals surface area contributed by atoms with Crippen LogP contribution in [0.3, 0.4) is 0 Å². The third kappa shape index (κ3) is 6.79. The molecule has 1 saturated heterocycles. The van der Waals surface area contributed by atoms with E-state index in [0.717, 1.165) is 54.8 Å². The number of carbonyl (C=O) groups is 2. The summed E-state index contributed by atoms with van der Waals surface area (Å²) >= 11 is 0. The summed E-state index contributed by atoms with van der Waals surface area (Å²) in [6.07, 6.45) is 2.92. The van der Waals surface area contributed by atoms with Crippen LogP contribution >= 0.6 is 0 Å². The van der Waals surface area contributed by atoms with Gasteiger partial charge in [0.1, 0.15) is 18.2 Å². The maximum Gasteiger partial charge on any atom is 0.317 e. The number of benzene rings is 2. The van der Waals surface area contributed by atoms with Crippen molar-refractivity contribution in [3.8, 4) is 0 Å². The van der Waals surface area contributed by atoms with Gasteiger partial charge in [-0.15, -0.1) is 0 Å². The number of hydrogen-bond acceptors (Lipinski definition) is 4. The molecule has 35 heavy (non-hydrogen) atoms. The largest absolute Gasteiger partial charge is 0.367 e. The Morgan fingerprint density at radius 1 is 1.09 bits per heavy atom. The molecule has 0 bridgehead atoms. The Labute approximate surface area is 204 Å². The summed E-state index contributed by atoms with van der Waals surface area (Å²) in [5, 5.41) is 5.82. The second-order valence-electron chi connectivity index (χ2n) is 8.97. The Bertz CT molecular complexity index is 1140. The number of amides is 3. The van der Waals surface area contributed by atoms with Gasteiger partial charge in [-0.1, -0.05) is 30.7 Å². The van der Waals surface area contributed by atoms with Crippen LogP contribution in [0.25, 0.3) is 11.0 Å². The minimum Gasteiger partial charge on any atom is -0.367 e. The van der Waals surface area contributed by atoms with Crippen molar-refractivity contribution in [3.63, 3.8) is 0 Å². The molecule has 1 aliphatic heterocycles. The van der Waals surface area contributed by atoms with Gasteiger partial charge < -0.3 is 24.8 Å². The zero-order valence-electron chi connectivity index (χ0n) is 20.0. The Morgan fingerprint density at radius 3 is 2.63 bits per heavy atom. The van der Waals surface area contributed by atoms with Crippen molar-refractivity contribution in [3.05, 3.63) is 65.7 Å². The van der Waals surface area contributed by atoms with Crippen LogP contribution in [0.5, 0.6) is 0 Å². The van der Waals surface area contributed by atoms with E-state index < -0.39 is 0 Å². The fraction of sp³-hybridized carbons (Fsp3) is 0.423. The smallest absolute Gasteiger partial charge is 0.317 e. The minimum absolute atomic E-state index is 0.0155. The third-order valence-corrected chi connectivity index (χ3v) is 6.30. The lowest BCUT2D eigenvalue weighted by molar-refractivity contribution is -0.126. The average molecular weight is 482 g/mol. The summed E-state index contributed by atoms with van der Waals surface area (Å²) in [5.74, 6) is 0.892. The molecular formula is C26H32FN5O3. The molecule has 3 amide bonds. The van der Waals surface area contributed by atoms with Crippen LogP contribution in [-0.2, 0) is 29.7 Å². The van der Waals surface area contributed by atoms with E-state index in [9.17, 15) is 14.0 Å². The maximum absolute atomic E-state index is 12.9. The first-order chi connectivity index (χ1) is 17.0. The number of unbranched alkanes of at least 4 members (excludes halogenated alkanes) is 1. The number of hydrogen-bond donors (Lipinski definition) is 2. The van der Waals surface area contributed by atoms with Gasteiger partial charge in [0, 0.05) is 26.7 Å². The molecule has 0 radical (unpaired) electrons. The van der Waals surface area contributed by atoms with E-state index in [1.54, 1.807) is 12.1 Å². The van der Waals surface area contributed by atoms with E-state index in [4.69, 9.17) is 4.74 Å². The van der Waals surface area contributed by atoms with Crippen molar-refractivity contribution < 1.29 is 18.7 Å². The molecule has 2 heterocycles. The van der Waals surface area contributed by atoms with Gasteiger partial charge in [0.25, 0.3) is 0 Å². The van der Waals surface area contributed by atoms with E-state index in [-0.39, 0.29) is 31.0 Å². The first kappa shape index (κ1) is 24.7. The summed E-state index contributed by atoms with van der Waals surface area (Å²) in [4.78, 5) is 30.7. The fourth-order valence-electron chi connectivity index (χ4n) is 4.22. The molecule has 3 aromatic rings. The highest BCUT2D eigenvalue weighted by Gasteiger charge is 2.30. The van der Waals surface area contributed by atoms with Gasteiger partial charge in [-0.05, 0) is 48.6 Å². The van der Waals surface area contributed by atoms with Crippen molar-refractivity contribution in [2.24, 2.45) is 13.0 Å². The monoisotopic (exact) mass is 481 g/mol. The fourth-order valence-corrected chi connectivity index (χ4v) is 4.22. The Hall–Kier alpha value is -3.46. The number of halogens is 1. The number of fused-ring (bicyclic) bond motifs is 1. The summed E-state index contributed by atoms with van der Waals surface area (Å²) in [5.41, 5.74) is 2.80. The molecule has 186 valence electrons. The predicted molar refractivity (Wildman–Crippen MR) is 131 cm³/mol. The van der Waals surface area contributed by atoms with Crippen LogP contribution < -0.4 is 10.6 Å². The highest BCUT2D eigenvalue weighted by molar-refractivity contribution is 5.77. The van der Waals surface area contributed by atoms with Crippen LogP contribution in [0.2, 0.25) is 0 Å². The highest BCUT2D eigenvalue weighted by atomic mass is 19.1. The summed E-state index contributed by atoms with van der Waals surface area (Å²) < 4.78 is 20.2. The van der Waals surface area contributed by atoms with Crippen LogP contribution in [-0.4, -0.2) is 52.6 Å². The number of aryl methyl sites for hydroxylation is 1. The van der Waals surface area contributed by atoms with E-state index in [1.807, 2.05) is 40.8 Å². The molecule has 4 rings (SSSR count). The molecule has 9 heteroatoms. The Balaban J connectivity index is 1.03. The van der Waals surface area contributed by atoms with Crippen molar-refractivity contribution in [1.82, 2.24) is 25.1 Å². The number of aromatic nitrogens is 2. The van der Waals surface area contributed by atoms with E-state index in [0.29, 0.717) is 19.0 Å². The number of nitrogens with one attached hydrogen (secondary N) is 2. The molecule has 0 saturated carbocycles. The van der Waals surface area contributed by atoms with Gasteiger partial charge in [-0.25, -0.2) is 14.2 Å². The minimum atomic E-state index is -0.293. The lowest BCUT2D eigenvalue weighted by Crippen LogP contribution is -2.53. The first-order valence-electron chi connectivity index (χ1n) is 12.0. The zero-order valence-corrected chi connectivity index (χ0v) is 20.0. The Kier molecular flexibility index (Phi) is 8.31. The van der Waals surface area contributed by atoms with Crippen LogP contribution in [0.1, 0.15) is 30.7 Å². The molecule has 1 aliphatic rings. The third-order valence-electron chi connectivity index (χ3n) is 6.30. The average Bonchev–Trinajstić information content (AvgIpc) is 3.15. The highest BCUT2D eigenvalue weighted by Crippen LogP contribution is 2.21. The molecule has 0 aliphatic carbocycles. The number of imidazole rings is 1. The lowest BCUT2D eigenvalue weighted by atomic mass is 9.94. The molecule has 8 nitrogen and oxygen atoms in total. The van der Waals surface area contributed by atoms with E-state index in [2.05, 4.69) is 15.6 Å². The normalized spacial score (nSPS) is 13.6. The van der Waals surface area contributed by atoms with Gasteiger partial charge in [-0.2, -0.15) is 0 Å². The number of ether oxygens (including phenoxy) is 1. The number of para-hydroxylation sites is 2. The maximum atomic E-state index is 12.9. The van der Waals surface area contributed by atoms with Crippen molar-refractivity contribution in [2.75, 3.05) is 26.2 Å². The summed E-state index contributed by atoms with van der Waals surface area (Å²) in [6, 6.07) is 13.9. The van der Waals surface area contributed by atoms with Gasteiger partial charge >= 0.3 is 6.03 Å². The van der Waals surface area contributed by atoms with Gasteiger partial charge in [0.05, 0.1) is 24.2 Å². The molecule has 1 aromatic heterocycles. The van der Waals surface area contributed by atoms with E-state index >= 15 is 0 Å². The second kappa shape index (κ2) is 11.8. The van der Waals surface area contributed by atoms with Crippen molar-refractivity contribution >= 4 is 23.0 Å². The van der Waals surface area contributed by atoms with Crippen LogP contribution in [0.15, 0.2) is 48.5 Å². The molecule has 0 unspecified atom stereocenters. The van der Waals surface area contributed by atoms with Gasteiger partial charge in [0.15, 0.2) is 0 Å². The molecule has 2 N–H and O–H groups in total. The first-order valence-corrected chi connectivity index (χ1v) is 12.0. The molecular weight excluding hydrogens is 449 g/mol. The molecule has 0 spiro atoms. The topological polar surface area (TPSA) is 88.5 Å². The lowest BCUT2D eigenvalue weighted by Gasteiger charge is -2.39. The number of likely N-dealkylation sites (tertiary alicyclic amines) is 1.